The summed E-state index contributed by atoms with van der Waals surface area (Å²) in [6, 6.07) is 38.9. The molecular weight excluding hydrogens is 1790 g/mol. The molecule has 26 heteroatoms. The number of benzene rings is 2. The third kappa shape index (κ3) is 36.9. The van der Waals surface area contributed by atoms with E-state index in [0.29, 0.717) is 106 Å². The summed E-state index contributed by atoms with van der Waals surface area (Å²) in [5.41, 5.74) is 11.9. The van der Waals surface area contributed by atoms with E-state index in [-0.39, 0.29) is 0 Å². The number of ether oxygens (including phenoxy) is 3. The minimum absolute atomic E-state index is 0.367. The number of piperazine rings is 2. The molecule has 9 fully saturated rings. The smallest absolute Gasteiger partial charge is 0.105 e. The number of piperidine rings is 7. The van der Waals surface area contributed by atoms with Crippen LogP contribution in [0.15, 0.2) is 140 Å². The molecular formula is C117H190N16O10. The fraction of sp³-hybridized carbons (Fsp3) is 0.684. The summed E-state index contributed by atoms with van der Waals surface area (Å²) in [5.74, 6) is 4.14. The van der Waals surface area contributed by atoms with Crippen LogP contribution in [0.4, 0.5) is 39.8 Å². The SMILES string of the molecule is CC(C)c1ccc(N2CCCC(C(C)(C)O)C2)cc1.CC(C)c1ccc(N2CCCC(C(C)(C)O)C2)cc1.CC(C)c1ccc(N2CCC[C@@](O)(CN3CCN(C)CC3)C2)cn1.CC(C)c1ccc(N2CCC[C@](O)(CN3CCN(C)CC3)C2)cn1.COCC1(O)CCCN(c2ccc(C(C)C)nc2)C1.COC[C@@]1(O)CCCN(c2ccc(C(C)C)nc2)C1.COC[C@]1(O)CCCN(c2ccc(C(C)C)nc2)C1. The second kappa shape index (κ2) is 54.9. The van der Waals surface area contributed by atoms with Gasteiger partial charge < -0.3 is 94.1 Å². The maximum absolute atomic E-state index is 11.1. The Morgan fingerprint density at radius 3 is 0.706 bits per heavy atom. The lowest BCUT2D eigenvalue weighted by atomic mass is 9.84. The van der Waals surface area contributed by atoms with Crippen LogP contribution in [0.1, 0.15) is 296 Å². The van der Waals surface area contributed by atoms with Crippen molar-refractivity contribution in [2.75, 3.05) is 247 Å². The molecule has 16 rings (SSSR count). The molecule has 0 radical (unpaired) electrons. The van der Waals surface area contributed by atoms with Crippen LogP contribution in [0.2, 0.25) is 0 Å². The van der Waals surface area contributed by atoms with E-state index in [9.17, 15) is 35.7 Å². The van der Waals surface area contributed by atoms with Crippen LogP contribution in [0.3, 0.4) is 0 Å². The third-order valence-electron chi connectivity index (χ3n) is 30.6. The first kappa shape index (κ1) is 117. The topological polar surface area (TPSA) is 269 Å². The van der Waals surface area contributed by atoms with E-state index in [1.807, 2.05) is 58.7 Å². The molecule has 7 atom stereocenters. The highest BCUT2D eigenvalue weighted by molar-refractivity contribution is 5.53. The largest absolute Gasteiger partial charge is 0.390 e. The molecule has 3 unspecified atom stereocenters. The van der Waals surface area contributed by atoms with Gasteiger partial charge in [0, 0.05) is 230 Å². The Kier molecular flexibility index (Phi) is 45.0. The van der Waals surface area contributed by atoms with Crippen molar-refractivity contribution in [3.63, 3.8) is 0 Å². The fourth-order valence-electron chi connectivity index (χ4n) is 21.3. The lowest BCUT2D eigenvalue weighted by Crippen LogP contribution is -2.57. The molecule has 9 saturated heterocycles. The highest BCUT2D eigenvalue weighted by Gasteiger charge is 2.42. The van der Waals surface area contributed by atoms with E-state index in [1.54, 1.807) is 21.3 Å². The van der Waals surface area contributed by atoms with Gasteiger partial charge in [-0.1, -0.05) is 121 Å². The standard InChI is InChI=1S/2C19H32N4O.2C17H27NO.3C15H24N2O2/c2*1-16(2)18-6-5-17(13-20-18)23-8-4-7-19(24,15-23)14-22-11-9-21(3)10-12-22;2*1-13(2)14-7-9-16(10-8-14)18-11-5-6-15(12-18)17(3,4)19;3*1-12(2)14-6-5-13(9-16-14)17-8-4-7-15(18,10-17)11-19-3/h2*5-6,13,16,24H,4,7-12,14-15H2,1-3H3;2*7-10,13,15,19H,5-6,11-12H2,1-4H3;3*5-6,9,12,18H,4,7-8,10-11H2,1-3H3/t2*19-;;;2*15-;/m10..10./s1. The molecule has 9 aliphatic rings. The quantitative estimate of drug-likeness (QED) is 0.0265. The number of rotatable bonds is 26. The molecule has 9 aliphatic heterocycles. The van der Waals surface area contributed by atoms with Gasteiger partial charge in [-0.05, 0) is 269 Å². The zero-order valence-corrected chi connectivity index (χ0v) is 92.5. The van der Waals surface area contributed by atoms with Crippen molar-refractivity contribution in [1.82, 2.24) is 44.5 Å². The Hall–Kier alpha value is -7.77. The first-order valence-corrected chi connectivity index (χ1v) is 54.4. The van der Waals surface area contributed by atoms with Crippen molar-refractivity contribution in [2.45, 2.75) is 295 Å². The van der Waals surface area contributed by atoms with Crippen molar-refractivity contribution in [1.29, 1.82) is 0 Å². The molecule has 14 heterocycles. The third-order valence-corrected chi connectivity index (χ3v) is 30.6. The Morgan fingerprint density at radius 1 is 0.287 bits per heavy atom. The van der Waals surface area contributed by atoms with Crippen LogP contribution < -0.4 is 34.3 Å². The maximum Gasteiger partial charge on any atom is 0.105 e. The minimum atomic E-state index is -0.732. The maximum atomic E-state index is 11.1. The first-order chi connectivity index (χ1) is 67.8. The minimum Gasteiger partial charge on any atom is -0.390 e. The van der Waals surface area contributed by atoms with Gasteiger partial charge >= 0.3 is 0 Å². The van der Waals surface area contributed by atoms with Gasteiger partial charge in [0.25, 0.3) is 0 Å². The van der Waals surface area contributed by atoms with Gasteiger partial charge in [0.05, 0.1) is 102 Å². The van der Waals surface area contributed by atoms with Gasteiger partial charge in [-0.3, -0.25) is 34.7 Å². The molecule has 2 aromatic carbocycles. The second-order valence-corrected chi connectivity index (χ2v) is 46.6. The van der Waals surface area contributed by atoms with Crippen LogP contribution in [0.5, 0.6) is 0 Å². The van der Waals surface area contributed by atoms with Crippen LogP contribution in [-0.2, 0) is 14.2 Å². The molecule has 0 amide bonds. The van der Waals surface area contributed by atoms with Crippen molar-refractivity contribution in [3.05, 3.63) is 180 Å². The van der Waals surface area contributed by atoms with E-state index in [1.165, 1.54) is 35.3 Å². The number of methoxy groups -OCH3 is 3. The normalized spacial score (nSPS) is 24.2. The summed E-state index contributed by atoms with van der Waals surface area (Å²) in [6.07, 6.45) is 23.5. The lowest BCUT2D eigenvalue weighted by molar-refractivity contribution is -0.0395. The zero-order valence-electron chi connectivity index (χ0n) is 92.5. The van der Waals surface area contributed by atoms with Gasteiger partial charge in [0.2, 0.25) is 0 Å². The molecule has 0 saturated carbocycles. The molecule has 26 nitrogen and oxygen atoms in total. The predicted molar refractivity (Wildman–Crippen MR) is 591 cm³/mol. The number of aliphatic hydroxyl groups is 7. The van der Waals surface area contributed by atoms with E-state index < -0.39 is 39.2 Å². The van der Waals surface area contributed by atoms with E-state index >= 15 is 0 Å². The molecule has 143 heavy (non-hydrogen) atoms. The lowest BCUT2D eigenvalue weighted by Gasteiger charge is -2.44. The highest BCUT2D eigenvalue weighted by Crippen LogP contribution is 2.38. The second-order valence-electron chi connectivity index (χ2n) is 46.6. The number of aromatic nitrogens is 5. The number of β-amino-alcohol motifs (C(OH)–C–C–N with tert-alkyl or cyclic N) is 5. The molecule has 0 bridgehead atoms. The van der Waals surface area contributed by atoms with Gasteiger partial charge in [-0.2, -0.15) is 0 Å². The summed E-state index contributed by atoms with van der Waals surface area (Å²) in [6.45, 7) is 61.8. The molecule has 0 aliphatic carbocycles. The van der Waals surface area contributed by atoms with Gasteiger partial charge in [0.15, 0.2) is 0 Å². The summed E-state index contributed by atoms with van der Waals surface area (Å²) >= 11 is 0. The Bertz CT molecular complexity index is 4360. The fourth-order valence-corrected chi connectivity index (χ4v) is 21.3. The van der Waals surface area contributed by atoms with Crippen LogP contribution >= 0.6 is 0 Å². The average Bonchev–Trinajstić information content (AvgIpc) is 0.825. The molecule has 7 N–H and O–H groups in total. The van der Waals surface area contributed by atoms with Gasteiger partial charge in [-0.25, -0.2) is 0 Å². The van der Waals surface area contributed by atoms with Crippen molar-refractivity contribution < 1.29 is 50.0 Å². The summed E-state index contributed by atoms with van der Waals surface area (Å²) in [4.78, 5) is 48.2. The van der Waals surface area contributed by atoms with E-state index in [4.69, 9.17) is 14.2 Å². The van der Waals surface area contributed by atoms with Gasteiger partial charge in [-0.15, -0.1) is 0 Å². The average molecular weight is 1980 g/mol. The zero-order chi connectivity index (χ0) is 104. The summed E-state index contributed by atoms with van der Waals surface area (Å²) in [7, 11) is 9.24. The highest BCUT2D eigenvalue weighted by atomic mass is 16.5. The predicted octanol–water partition coefficient (Wildman–Crippen LogP) is 17.7. The number of hydrogen-bond donors (Lipinski definition) is 7. The molecule has 0 spiro atoms. The van der Waals surface area contributed by atoms with Crippen LogP contribution in [0, 0.1) is 11.8 Å². The monoisotopic (exact) mass is 1980 g/mol. The number of pyridine rings is 5. The molecule has 5 aromatic heterocycles. The van der Waals surface area contributed by atoms with Crippen LogP contribution in [0.25, 0.3) is 0 Å². The van der Waals surface area contributed by atoms with Crippen molar-refractivity contribution >= 4 is 39.8 Å². The van der Waals surface area contributed by atoms with E-state index in [2.05, 4.69) is 299 Å². The van der Waals surface area contributed by atoms with Crippen molar-refractivity contribution in [3.8, 4) is 0 Å². The first-order valence-electron chi connectivity index (χ1n) is 54.4. The van der Waals surface area contributed by atoms with Crippen LogP contribution in [-0.4, -0.2) is 332 Å². The number of likely N-dealkylation sites (N-methyl/N-ethyl adjacent to an activating group) is 2. The Morgan fingerprint density at radius 2 is 0.503 bits per heavy atom. The summed E-state index contributed by atoms with van der Waals surface area (Å²) in [5, 5.41) is 74.1. The van der Waals surface area contributed by atoms with E-state index in [0.717, 1.165) is 258 Å². The number of nitrogens with zero attached hydrogens (tertiary/aromatic N) is 16. The van der Waals surface area contributed by atoms with Crippen molar-refractivity contribution in [2.24, 2.45) is 11.8 Å². The summed E-state index contributed by atoms with van der Waals surface area (Å²) < 4.78 is 15.4. The Labute approximate surface area is 862 Å². The molecule has 798 valence electrons. The number of anilines is 7. The van der Waals surface area contributed by atoms with Gasteiger partial charge in [0.1, 0.15) is 16.8 Å². The Balaban J connectivity index is 0.000000172. The number of hydrogen-bond acceptors (Lipinski definition) is 26. The molecule has 7 aromatic rings.